The summed E-state index contributed by atoms with van der Waals surface area (Å²) in [6, 6.07) is 11.2. The average Bonchev–Trinajstić information content (AvgIpc) is 2.71. The van der Waals surface area contributed by atoms with Crippen molar-refractivity contribution in [2.75, 3.05) is 14.2 Å². The summed E-state index contributed by atoms with van der Waals surface area (Å²) >= 11 is 6.16. The zero-order valence-electron chi connectivity index (χ0n) is 15.0. The second-order valence-electron chi connectivity index (χ2n) is 5.78. The number of nitro benzene ring substituents is 1. The molecule has 0 saturated carbocycles. The van der Waals surface area contributed by atoms with Crippen molar-refractivity contribution in [2.45, 2.75) is 11.8 Å². The maximum atomic E-state index is 12.8. The van der Waals surface area contributed by atoms with E-state index in [-0.39, 0.29) is 21.8 Å². The summed E-state index contributed by atoms with van der Waals surface area (Å²) in [6.07, 6.45) is -0.631. The molecule has 0 fully saturated rings. The number of hydrogen-bond acceptors (Lipinski definition) is 7. The molecule has 0 atom stereocenters. The van der Waals surface area contributed by atoms with Crippen LogP contribution in [0.15, 0.2) is 48.5 Å². The Bertz CT molecular complexity index is 911. The van der Waals surface area contributed by atoms with Crippen LogP contribution in [0.3, 0.4) is 0 Å². The zero-order chi connectivity index (χ0) is 20.9. The van der Waals surface area contributed by atoms with E-state index in [9.17, 15) is 24.5 Å². The Hall–Kier alpha value is -3.26. The van der Waals surface area contributed by atoms with E-state index in [2.05, 4.69) is 0 Å². The first kappa shape index (κ1) is 21.0. The van der Waals surface area contributed by atoms with Crippen molar-refractivity contribution in [2.24, 2.45) is 0 Å². The first-order chi connectivity index (χ1) is 13.3. The van der Waals surface area contributed by atoms with Gasteiger partial charge in [0.2, 0.25) is 0 Å². The summed E-state index contributed by atoms with van der Waals surface area (Å²) in [5.41, 5.74) is -2.42. The first-order valence-electron chi connectivity index (χ1n) is 7.97. The van der Waals surface area contributed by atoms with Crippen LogP contribution in [0.1, 0.15) is 22.3 Å². The lowest BCUT2D eigenvalue weighted by molar-refractivity contribution is -0.384. The number of nitrogens with zero attached hydrogens (tertiary/aromatic N) is 1. The largest absolute Gasteiger partial charge is 0.468 e. The van der Waals surface area contributed by atoms with Gasteiger partial charge in [0, 0.05) is 29.7 Å². The van der Waals surface area contributed by atoms with E-state index in [1.165, 1.54) is 12.1 Å². The number of carbonyl (C=O) groups excluding carboxylic acids is 3. The van der Waals surface area contributed by atoms with Crippen molar-refractivity contribution >= 4 is 35.0 Å². The lowest BCUT2D eigenvalue weighted by atomic mass is 9.75. The highest BCUT2D eigenvalue weighted by molar-refractivity contribution is 6.32. The highest BCUT2D eigenvalue weighted by Crippen LogP contribution is 2.38. The molecule has 0 N–H and O–H groups in total. The third-order valence-electron chi connectivity index (χ3n) is 4.21. The van der Waals surface area contributed by atoms with Gasteiger partial charge < -0.3 is 9.47 Å². The van der Waals surface area contributed by atoms with Gasteiger partial charge in [-0.2, -0.15) is 0 Å². The van der Waals surface area contributed by atoms with Gasteiger partial charge >= 0.3 is 11.9 Å². The lowest BCUT2D eigenvalue weighted by Crippen LogP contribution is -2.47. The number of methoxy groups -OCH3 is 2. The predicted octanol–water partition coefficient (Wildman–Crippen LogP) is 3.11. The van der Waals surface area contributed by atoms with Crippen LogP contribution >= 0.6 is 11.6 Å². The quantitative estimate of drug-likeness (QED) is 0.228. The van der Waals surface area contributed by atoms with E-state index in [0.717, 1.165) is 32.4 Å². The van der Waals surface area contributed by atoms with Gasteiger partial charge in [0.25, 0.3) is 5.69 Å². The van der Waals surface area contributed by atoms with E-state index in [0.29, 0.717) is 0 Å². The number of hydrogen-bond donors (Lipinski definition) is 0. The van der Waals surface area contributed by atoms with Crippen molar-refractivity contribution < 1.29 is 28.8 Å². The Labute approximate surface area is 165 Å². The Morgan fingerprint density at radius 3 is 2.07 bits per heavy atom. The molecule has 8 nitrogen and oxygen atoms in total. The number of ether oxygens (including phenoxy) is 2. The van der Waals surface area contributed by atoms with Crippen molar-refractivity contribution in [3.05, 3.63) is 74.8 Å². The van der Waals surface area contributed by atoms with Gasteiger partial charge in [-0.1, -0.05) is 41.9 Å². The minimum atomic E-state index is -2.22. The number of nitro groups is 1. The molecule has 0 bridgehead atoms. The number of benzene rings is 2. The highest BCUT2D eigenvalue weighted by Gasteiger charge is 2.53. The van der Waals surface area contributed by atoms with Gasteiger partial charge in [0.1, 0.15) is 0 Å². The molecule has 146 valence electrons. The van der Waals surface area contributed by atoms with Crippen LogP contribution in [-0.4, -0.2) is 36.9 Å². The van der Waals surface area contributed by atoms with Crippen LogP contribution in [0.25, 0.3) is 0 Å². The van der Waals surface area contributed by atoms with Crippen molar-refractivity contribution in [1.82, 2.24) is 0 Å². The zero-order valence-corrected chi connectivity index (χ0v) is 15.8. The standard InChI is InChI=1S/C19H16ClNO7/c1-27-17(23)19(18(24)28-2,11-16(22)12-6-4-3-5-7-12)14-9-8-13(21(25)26)10-15(14)20/h3-10H,11H2,1-2H3. The second-order valence-corrected chi connectivity index (χ2v) is 6.18. The topological polar surface area (TPSA) is 113 Å². The molecule has 0 heterocycles. The fraction of sp³-hybridized carbons (Fsp3) is 0.211. The SMILES string of the molecule is COC(=O)C(CC(=O)c1ccccc1)(C(=O)OC)c1ccc([N+](=O)[O-])cc1Cl. The monoisotopic (exact) mass is 405 g/mol. The molecule has 2 aromatic carbocycles. The van der Waals surface area contributed by atoms with Gasteiger partial charge in [-0.3, -0.25) is 24.5 Å². The third kappa shape index (κ3) is 3.86. The minimum absolute atomic E-state index is 0.122. The van der Waals surface area contributed by atoms with Crippen LogP contribution < -0.4 is 0 Å². The molecular formula is C19H16ClNO7. The second kappa shape index (κ2) is 8.62. The van der Waals surface area contributed by atoms with E-state index in [1.807, 2.05) is 0 Å². The molecule has 28 heavy (non-hydrogen) atoms. The molecule has 0 aliphatic rings. The Morgan fingerprint density at radius 2 is 1.61 bits per heavy atom. The molecule has 0 unspecified atom stereocenters. The van der Waals surface area contributed by atoms with Crippen molar-refractivity contribution in [1.29, 1.82) is 0 Å². The van der Waals surface area contributed by atoms with E-state index in [4.69, 9.17) is 21.1 Å². The summed E-state index contributed by atoms with van der Waals surface area (Å²) in [4.78, 5) is 48.5. The molecule has 2 aromatic rings. The van der Waals surface area contributed by atoms with Crippen LogP contribution in [-0.2, 0) is 24.5 Å². The maximum Gasteiger partial charge on any atom is 0.328 e. The van der Waals surface area contributed by atoms with E-state index < -0.39 is 34.5 Å². The van der Waals surface area contributed by atoms with Crippen molar-refractivity contribution in [3.63, 3.8) is 0 Å². The normalized spacial score (nSPS) is 10.8. The average molecular weight is 406 g/mol. The van der Waals surface area contributed by atoms with E-state index >= 15 is 0 Å². The summed E-state index contributed by atoms with van der Waals surface area (Å²) in [6.45, 7) is 0. The number of halogens is 1. The Balaban J connectivity index is 2.68. The molecule has 0 aliphatic heterocycles. The van der Waals surface area contributed by atoms with Gasteiger partial charge in [-0.15, -0.1) is 0 Å². The molecule has 0 amide bonds. The van der Waals surface area contributed by atoms with Gasteiger partial charge in [0.05, 0.1) is 24.2 Å². The fourth-order valence-electron chi connectivity index (χ4n) is 2.82. The number of carbonyl (C=O) groups is 3. The third-order valence-corrected chi connectivity index (χ3v) is 4.53. The molecule has 0 radical (unpaired) electrons. The molecular weight excluding hydrogens is 390 g/mol. The summed E-state index contributed by atoms with van der Waals surface area (Å²) in [5.74, 6) is -2.68. The molecule has 2 rings (SSSR count). The molecule has 0 saturated heterocycles. The van der Waals surface area contributed by atoms with Crippen LogP contribution in [0.5, 0.6) is 0 Å². The number of Topliss-reactive ketones (excluding diaryl/α,β-unsaturated/α-hetero) is 1. The molecule has 0 aliphatic carbocycles. The maximum absolute atomic E-state index is 12.8. The Morgan fingerprint density at radius 1 is 1.04 bits per heavy atom. The highest BCUT2D eigenvalue weighted by atomic mass is 35.5. The lowest BCUT2D eigenvalue weighted by Gasteiger charge is -2.28. The minimum Gasteiger partial charge on any atom is -0.468 e. The molecule has 0 spiro atoms. The van der Waals surface area contributed by atoms with Crippen molar-refractivity contribution in [3.8, 4) is 0 Å². The summed E-state index contributed by atoms with van der Waals surface area (Å²) in [7, 11) is 2.10. The number of rotatable bonds is 7. The fourth-order valence-corrected chi connectivity index (χ4v) is 3.16. The number of ketones is 1. The smallest absolute Gasteiger partial charge is 0.328 e. The van der Waals surface area contributed by atoms with Crippen LogP contribution in [0.2, 0.25) is 5.02 Å². The predicted molar refractivity (Wildman–Crippen MR) is 99.2 cm³/mol. The Kier molecular flexibility index (Phi) is 6.48. The molecule has 0 aromatic heterocycles. The van der Waals surface area contributed by atoms with Gasteiger partial charge in [-0.05, 0) is 6.07 Å². The van der Waals surface area contributed by atoms with E-state index in [1.54, 1.807) is 18.2 Å². The summed E-state index contributed by atoms with van der Waals surface area (Å²) in [5, 5.41) is 10.7. The summed E-state index contributed by atoms with van der Waals surface area (Å²) < 4.78 is 9.56. The first-order valence-corrected chi connectivity index (χ1v) is 8.35. The van der Waals surface area contributed by atoms with Crippen LogP contribution in [0, 0.1) is 10.1 Å². The van der Waals surface area contributed by atoms with Gasteiger partial charge in [0.15, 0.2) is 11.2 Å². The number of non-ortho nitro benzene ring substituents is 1. The van der Waals surface area contributed by atoms with Gasteiger partial charge in [-0.25, -0.2) is 0 Å². The number of esters is 2. The molecule has 9 heteroatoms. The van der Waals surface area contributed by atoms with Crippen LogP contribution in [0.4, 0.5) is 5.69 Å².